The number of carbonyl (C=O) groups excluding carboxylic acids is 1. The van der Waals surface area contributed by atoms with E-state index in [2.05, 4.69) is 15.1 Å². The van der Waals surface area contributed by atoms with Crippen molar-refractivity contribution in [1.82, 2.24) is 0 Å². The second-order valence-electron chi connectivity index (χ2n) is 7.47. The summed E-state index contributed by atoms with van der Waals surface area (Å²) < 4.78 is 5.13. The van der Waals surface area contributed by atoms with E-state index >= 15 is 0 Å². The van der Waals surface area contributed by atoms with Crippen LogP contribution in [0.25, 0.3) is 0 Å². The topological polar surface area (TPSA) is 123 Å². The number of benzene rings is 2. The number of hydrogen-bond donors (Lipinski definition) is 1. The lowest BCUT2D eigenvalue weighted by atomic mass is 9.96. The first-order chi connectivity index (χ1) is 16.0. The largest absolute Gasteiger partial charge is 0.466 e. The summed E-state index contributed by atoms with van der Waals surface area (Å²) in [4.78, 5) is 24.9. The van der Waals surface area contributed by atoms with E-state index in [1.807, 2.05) is 30.3 Å². The van der Waals surface area contributed by atoms with Gasteiger partial charge in [-0.15, -0.1) is 5.10 Å². The van der Waals surface area contributed by atoms with Crippen molar-refractivity contribution in [1.29, 1.82) is 0 Å². The first kappa shape index (κ1) is 24.2. The zero-order valence-corrected chi connectivity index (χ0v) is 19.2. The molecule has 1 fully saturated rings. The predicted molar refractivity (Wildman–Crippen MR) is 132 cm³/mol. The molecule has 9 nitrogen and oxygen atoms in total. The molecule has 33 heavy (non-hydrogen) atoms. The van der Waals surface area contributed by atoms with E-state index in [9.17, 15) is 14.9 Å². The molecule has 10 heteroatoms. The normalized spacial score (nSPS) is 15.1. The fourth-order valence-corrected chi connectivity index (χ4v) is 4.18. The Labute approximate surface area is 196 Å². The van der Waals surface area contributed by atoms with Crippen LogP contribution in [-0.2, 0) is 15.3 Å². The maximum atomic E-state index is 12.0. The van der Waals surface area contributed by atoms with Crippen LogP contribution in [0.15, 0.2) is 58.7 Å². The number of thioether (sulfide) groups is 1. The van der Waals surface area contributed by atoms with Gasteiger partial charge in [0.15, 0.2) is 5.17 Å². The molecule has 174 valence electrons. The Balaban J connectivity index is 1.70. The summed E-state index contributed by atoms with van der Waals surface area (Å²) in [7, 11) is 0. The summed E-state index contributed by atoms with van der Waals surface area (Å²) in [6.45, 7) is 3.45. The van der Waals surface area contributed by atoms with E-state index < -0.39 is 4.92 Å². The van der Waals surface area contributed by atoms with Crippen LogP contribution in [0.4, 0.5) is 11.4 Å². The summed E-state index contributed by atoms with van der Waals surface area (Å²) in [6, 6.07) is 14.5. The predicted octanol–water partition coefficient (Wildman–Crippen LogP) is 3.96. The van der Waals surface area contributed by atoms with Crippen molar-refractivity contribution in [2.75, 3.05) is 24.6 Å². The molecule has 0 atom stereocenters. The molecule has 0 amide bonds. The number of hydrogen-bond acceptors (Lipinski definition) is 8. The Bertz CT molecular complexity index is 1020. The van der Waals surface area contributed by atoms with Gasteiger partial charge in [-0.05, 0) is 31.4 Å². The minimum absolute atomic E-state index is 0.0305. The molecule has 0 spiro atoms. The SMILES string of the molecule is CCOC(=O)C1CCN(c2ccc([N+](=O)[O-])cc2C=NN=C(N)SCc2ccccc2)CC1. The van der Waals surface area contributed by atoms with E-state index in [4.69, 9.17) is 10.5 Å². The van der Waals surface area contributed by atoms with E-state index in [0.717, 1.165) is 11.3 Å². The van der Waals surface area contributed by atoms with Crippen LogP contribution in [0, 0.1) is 16.0 Å². The highest BCUT2D eigenvalue weighted by Crippen LogP contribution is 2.29. The maximum absolute atomic E-state index is 12.0. The molecule has 0 bridgehead atoms. The summed E-state index contributed by atoms with van der Waals surface area (Å²) in [5.74, 6) is 0.381. The number of nitro groups is 1. The van der Waals surface area contributed by atoms with Crippen molar-refractivity contribution in [3.8, 4) is 0 Å². The van der Waals surface area contributed by atoms with Crippen molar-refractivity contribution in [3.05, 3.63) is 69.8 Å². The number of piperidine rings is 1. The van der Waals surface area contributed by atoms with Crippen LogP contribution >= 0.6 is 11.8 Å². The second-order valence-corrected chi connectivity index (χ2v) is 8.47. The van der Waals surface area contributed by atoms with Crippen LogP contribution < -0.4 is 10.6 Å². The standard InChI is InChI=1S/C23H27N5O4S/c1-2-32-22(29)18-10-12-27(13-11-18)21-9-8-20(28(30)31)14-19(21)15-25-26-23(24)33-16-17-6-4-3-5-7-17/h3-9,14-15,18H,2,10-13,16H2,1H3,(H2,24,26). The molecule has 2 aromatic rings. The van der Waals surface area contributed by atoms with Gasteiger partial charge in [-0.25, -0.2) is 0 Å². The number of nitrogens with two attached hydrogens (primary N) is 1. The van der Waals surface area contributed by atoms with Crippen molar-refractivity contribution in [2.45, 2.75) is 25.5 Å². The highest BCUT2D eigenvalue weighted by atomic mass is 32.2. The molecule has 3 rings (SSSR count). The van der Waals surface area contributed by atoms with Gasteiger partial charge in [0.05, 0.1) is 23.7 Å². The van der Waals surface area contributed by atoms with Crippen LogP contribution in [0.1, 0.15) is 30.9 Å². The zero-order valence-electron chi connectivity index (χ0n) is 18.4. The van der Waals surface area contributed by atoms with Crippen molar-refractivity contribution in [2.24, 2.45) is 21.9 Å². The Morgan fingerprint density at radius 1 is 1.27 bits per heavy atom. The smallest absolute Gasteiger partial charge is 0.309 e. The lowest BCUT2D eigenvalue weighted by Crippen LogP contribution is -2.37. The number of amidine groups is 1. The third-order valence-corrected chi connectivity index (χ3v) is 6.12. The lowest BCUT2D eigenvalue weighted by Gasteiger charge is -2.33. The molecule has 1 heterocycles. The molecule has 1 saturated heterocycles. The molecule has 0 aliphatic carbocycles. The van der Waals surface area contributed by atoms with Gasteiger partial charge in [-0.1, -0.05) is 42.1 Å². The summed E-state index contributed by atoms with van der Waals surface area (Å²) in [5, 5.41) is 19.7. The third-order valence-electron chi connectivity index (χ3n) is 5.26. The van der Waals surface area contributed by atoms with Crippen LogP contribution in [-0.4, -0.2) is 42.0 Å². The number of rotatable bonds is 8. The van der Waals surface area contributed by atoms with Gasteiger partial charge >= 0.3 is 5.97 Å². The second kappa shape index (κ2) is 12.0. The van der Waals surface area contributed by atoms with Gasteiger partial charge in [0.25, 0.3) is 5.69 Å². The first-order valence-electron chi connectivity index (χ1n) is 10.7. The van der Waals surface area contributed by atoms with Gasteiger partial charge in [0.2, 0.25) is 0 Å². The number of esters is 1. The minimum atomic E-state index is -0.443. The molecule has 0 radical (unpaired) electrons. The van der Waals surface area contributed by atoms with Crippen molar-refractivity contribution >= 4 is 40.5 Å². The van der Waals surface area contributed by atoms with Gasteiger partial charge in [0, 0.05) is 42.2 Å². The van der Waals surface area contributed by atoms with Gasteiger partial charge in [-0.3, -0.25) is 14.9 Å². The Morgan fingerprint density at radius 3 is 2.67 bits per heavy atom. The van der Waals surface area contributed by atoms with Crippen LogP contribution in [0.2, 0.25) is 0 Å². The monoisotopic (exact) mass is 469 g/mol. The fraction of sp³-hybridized carbons (Fsp3) is 0.348. The minimum Gasteiger partial charge on any atom is -0.466 e. The number of ether oxygens (including phenoxy) is 1. The summed E-state index contributed by atoms with van der Waals surface area (Å²) >= 11 is 1.36. The van der Waals surface area contributed by atoms with E-state index in [1.54, 1.807) is 13.0 Å². The zero-order chi connectivity index (χ0) is 23.6. The summed E-state index contributed by atoms with van der Waals surface area (Å²) in [5.41, 5.74) is 8.42. The molecule has 0 saturated carbocycles. The van der Waals surface area contributed by atoms with Crippen LogP contribution in [0.5, 0.6) is 0 Å². The average Bonchev–Trinajstić information content (AvgIpc) is 2.83. The van der Waals surface area contributed by atoms with Crippen molar-refractivity contribution in [3.63, 3.8) is 0 Å². The number of carbonyl (C=O) groups is 1. The Morgan fingerprint density at radius 2 is 2.00 bits per heavy atom. The number of non-ortho nitro benzene ring substituents is 1. The highest BCUT2D eigenvalue weighted by Gasteiger charge is 2.27. The molecule has 0 aromatic heterocycles. The van der Waals surface area contributed by atoms with E-state index in [1.165, 1.54) is 30.1 Å². The van der Waals surface area contributed by atoms with Gasteiger partial charge < -0.3 is 15.4 Å². The molecule has 2 N–H and O–H groups in total. The molecule has 0 unspecified atom stereocenters. The third kappa shape index (κ3) is 7.04. The van der Waals surface area contributed by atoms with Gasteiger partial charge in [-0.2, -0.15) is 5.10 Å². The first-order valence-corrected chi connectivity index (χ1v) is 11.7. The highest BCUT2D eigenvalue weighted by molar-refractivity contribution is 8.13. The lowest BCUT2D eigenvalue weighted by molar-refractivity contribution is -0.384. The Hall–Kier alpha value is -3.40. The quantitative estimate of drug-likeness (QED) is 0.204. The Kier molecular flexibility index (Phi) is 8.82. The molecular formula is C23H27N5O4S. The van der Waals surface area contributed by atoms with E-state index in [0.29, 0.717) is 49.0 Å². The molecule has 1 aliphatic heterocycles. The number of nitrogens with zero attached hydrogens (tertiary/aromatic N) is 4. The van der Waals surface area contributed by atoms with E-state index in [-0.39, 0.29) is 17.6 Å². The molecule has 2 aromatic carbocycles. The van der Waals surface area contributed by atoms with Crippen LogP contribution in [0.3, 0.4) is 0 Å². The van der Waals surface area contributed by atoms with Crippen molar-refractivity contribution < 1.29 is 14.5 Å². The molecular weight excluding hydrogens is 442 g/mol. The van der Waals surface area contributed by atoms with Gasteiger partial charge in [0.1, 0.15) is 0 Å². The fourth-order valence-electron chi connectivity index (χ4n) is 3.57. The number of nitro benzene ring substituents is 1. The summed E-state index contributed by atoms with van der Waals surface area (Å²) in [6.07, 6.45) is 2.80. The number of anilines is 1. The average molecular weight is 470 g/mol. The maximum Gasteiger partial charge on any atom is 0.309 e. The molecule has 1 aliphatic rings.